The van der Waals surface area contributed by atoms with E-state index in [2.05, 4.69) is 17.3 Å². The molecule has 0 amide bonds. The molecular formula is C16H19NO2. The van der Waals surface area contributed by atoms with E-state index in [1.807, 2.05) is 18.2 Å². The van der Waals surface area contributed by atoms with E-state index in [1.165, 1.54) is 0 Å². The molecule has 0 aliphatic carbocycles. The van der Waals surface area contributed by atoms with Crippen LogP contribution in [0.4, 0.5) is 5.69 Å². The van der Waals surface area contributed by atoms with Crippen LogP contribution >= 0.6 is 0 Å². The summed E-state index contributed by atoms with van der Waals surface area (Å²) in [6.07, 6.45) is 8.48. The zero-order valence-electron chi connectivity index (χ0n) is 11.0. The van der Waals surface area contributed by atoms with Crippen LogP contribution in [-0.2, 0) is 9.47 Å². The molecule has 1 spiro atoms. The maximum atomic E-state index is 5.94. The van der Waals surface area contributed by atoms with Crippen LogP contribution in [-0.4, -0.2) is 31.5 Å². The third-order valence-corrected chi connectivity index (χ3v) is 3.96. The van der Waals surface area contributed by atoms with Gasteiger partial charge in [0.2, 0.25) is 0 Å². The Morgan fingerprint density at radius 2 is 2.32 bits per heavy atom. The molecule has 2 unspecified atom stereocenters. The van der Waals surface area contributed by atoms with Crippen molar-refractivity contribution in [2.75, 3.05) is 25.1 Å². The molecule has 1 aromatic rings. The van der Waals surface area contributed by atoms with Gasteiger partial charge in [0.25, 0.3) is 0 Å². The summed E-state index contributed by atoms with van der Waals surface area (Å²) >= 11 is 0. The average molecular weight is 257 g/mol. The lowest BCUT2D eigenvalue weighted by molar-refractivity contribution is -0.0828. The first-order valence-corrected chi connectivity index (χ1v) is 6.85. The number of hydrogen-bond donors (Lipinski definition) is 1. The quantitative estimate of drug-likeness (QED) is 0.825. The highest BCUT2D eigenvalue weighted by Crippen LogP contribution is 2.34. The Bertz CT molecular complexity index is 486. The van der Waals surface area contributed by atoms with Gasteiger partial charge >= 0.3 is 0 Å². The summed E-state index contributed by atoms with van der Waals surface area (Å²) in [6, 6.07) is 8.46. The van der Waals surface area contributed by atoms with Crippen LogP contribution in [0.1, 0.15) is 24.8 Å². The minimum Gasteiger partial charge on any atom is -0.382 e. The van der Waals surface area contributed by atoms with Gasteiger partial charge in [0.1, 0.15) is 0 Å². The Balaban J connectivity index is 1.67. The molecule has 2 atom stereocenters. The fraction of sp³-hybridized carbons (Fsp3) is 0.500. The van der Waals surface area contributed by atoms with Crippen molar-refractivity contribution in [2.24, 2.45) is 0 Å². The predicted octanol–water partition coefficient (Wildman–Crippen LogP) is 2.42. The van der Waals surface area contributed by atoms with Gasteiger partial charge < -0.3 is 14.8 Å². The summed E-state index contributed by atoms with van der Waals surface area (Å²) in [5.74, 6) is 2.67. The largest absolute Gasteiger partial charge is 0.382 e. The second kappa shape index (κ2) is 5.24. The van der Waals surface area contributed by atoms with Crippen LogP contribution in [0.5, 0.6) is 0 Å². The molecule has 2 aliphatic heterocycles. The van der Waals surface area contributed by atoms with E-state index in [0.29, 0.717) is 6.04 Å². The lowest BCUT2D eigenvalue weighted by atomic mass is 9.89. The smallest absolute Gasteiger partial charge is 0.0956 e. The number of benzene rings is 1. The Kier molecular flexibility index (Phi) is 3.46. The summed E-state index contributed by atoms with van der Waals surface area (Å²) < 4.78 is 11.4. The molecule has 2 fully saturated rings. The van der Waals surface area contributed by atoms with Crippen LogP contribution in [0, 0.1) is 12.3 Å². The molecule has 0 saturated carbocycles. The molecule has 3 rings (SSSR count). The van der Waals surface area contributed by atoms with Crippen LogP contribution in [0.25, 0.3) is 0 Å². The second-order valence-corrected chi connectivity index (χ2v) is 5.39. The molecule has 19 heavy (non-hydrogen) atoms. The minimum absolute atomic E-state index is 0.0559. The van der Waals surface area contributed by atoms with Crippen LogP contribution < -0.4 is 5.32 Å². The molecule has 0 bridgehead atoms. The van der Waals surface area contributed by atoms with Gasteiger partial charge in [-0.05, 0) is 31.0 Å². The Morgan fingerprint density at radius 1 is 1.37 bits per heavy atom. The summed E-state index contributed by atoms with van der Waals surface area (Å²) in [7, 11) is 0. The average Bonchev–Trinajstić information content (AvgIpc) is 2.87. The highest BCUT2D eigenvalue weighted by molar-refractivity contribution is 5.50. The first-order valence-electron chi connectivity index (χ1n) is 6.85. The first-order chi connectivity index (χ1) is 9.30. The standard InChI is InChI=1S/C16H19NO2/c1-2-13-4-3-5-14(10-13)17-15-6-8-19-16(11-15)7-9-18-12-16/h1,3-5,10,15,17H,6-9,11-12H2. The Labute approximate surface area is 114 Å². The van der Waals surface area contributed by atoms with Crippen molar-refractivity contribution in [3.05, 3.63) is 29.8 Å². The molecule has 2 aliphatic rings. The first kappa shape index (κ1) is 12.5. The van der Waals surface area contributed by atoms with Crippen molar-refractivity contribution >= 4 is 5.69 Å². The van der Waals surface area contributed by atoms with Crippen molar-refractivity contribution in [1.29, 1.82) is 0 Å². The number of anilines is 1. The second-order valence-electron chi connectivity index (χ2n) is 5.39. The lowest BCUT2D eigenvalue weighted by Gasteiger charge is -2.37. The zero-order chi connectivity index (χ0) is 13.1. The number of rotatable bonds is 2. The van der Waals surface area contributed by atoms with Crippen molar-refractivity contribution in [2.45, 2.75) is 30.9 Å². The van der Waals surface area contributed by atoms with Crippen LogP contribution in [0.3, 0.4) is 0 Å². The van der Waals surface area contributed by atoms with Crippen molar-refractivity contribution in [1.82, 2.24) is 0 Å². The van der Waals surface area contributed by atoms with E-state index in [-0.39, 0.29) is 5.60 Å². The van der Waals surface area contributed by atoms with Crippen molar-refractivity contribution in [3.63, 3.8) is 0 Å². The van der Waals surface area contributed by atoms with Gasteiger partial charge in [-0.15, -0.1) is 6.42 Å². The summed E-state index contributed by atoms with van der Waals surface area (Å²) in [5.41, 5.74) is 1.95. The fourth-order valence-corrected chi connectivity index (χ4v) is 2.95. The van der Waals surface area contributed by atoms with E-state index in [1.54, 1.807) is 0 Å². The summed E-state index contributed by atoms with van der Waals surface area (Å²) in [6.45, 7) is 2.35. The highest BCUT2D eigenvalue weighted by Gasteiger charge is 2.40. The zero-order valence-corrected chi connectivity index (χ0v) is 11.0. The maximum Gasteiger partial charge on any atom is 0.0956 e. The monoisotopic (exact) mass is 257 g/mol. The van der Waals surface area contributed by atoms with Crippen molar-refractivity contribution in [3.8, 4) is 12.3 Å². The van der Waals surface area contributed by atoms with Crippen LogP contribution in [0.2, 0.25) is 0 Å². The third-order valence-electron chi connectivity index (χ3n) is 3.96. The Hall–Kier alpha value is -1.50. The molecule has 2 heterocycles. The molecule has 0 aromatic heterocycles. The molecular weight excluding hydrogens is 238 g/mol. The molecule has 2 saturated heterocycles. The molecule has 1 N–H and O–H groups in total. The molecule has 3 heteroatoms. The SMILES string of the molecule is C#Cc1cccc(NC2CCOC3(CCOC3)C2)c1. The number of terminal acetylenes is 1. The number of hydrogen-bond acceptors (Lipinski definition) is 3. The number of nitrogens with one attached hydrogen (secondary N) is 1. The molecule has 0 radical (unpaired) electrons. The lowest BCUT2D eigenvalue weighted by Crippen LogP contribution is -2.44. The number of ether oxygens (including phenoxy) is 2. The van der Waals surface area contributed by atoms with Gasteiger partial charge in [0.15, 0.2) is 0 Å². The van der Waals surface area contributed by atoms with E-state index in [4.69, 9.17) is 15.9 Å². The highest BCUT2D eigenvalue weighted by atomic mass is 16.6. The third kappa shape index (κ3) is 2.75. The molecule has 3 nitrogen and oxygen atoms in total. The van der Waals surface area contributed by atoms with Gasteiger partial charge in [-0.2, -0.15) is 0 Å². The summed E-state index contributed by atoms with van der Waals surface area (Å²) in [5, 5.41) is 3.58. The predicted molar refractivity (Wildman–Crippen MR) is 75.1 cm³/mol. The molecule has 100 valence electrons. The summed E-state index contributed by atoms with van der Waals surface area (Å²) in [4.78, 5) is 0. The van der Waals surface area contributed by atoms with Gasteiger partial charge in [-0.25, -0.2) is 0 Å². The van der Waals surface area contributed by atoms with E-state index >= 15 is 0 Å². The van der Waals surface area contributed by atoms with E-state index in [0.717, 1.165) is 50.3 Å². The molecule has 1 aromatic carbocycles. The van der Waals surface area contributed by atoms with E-state index < -0.39 is 0 Å². The van der Waals surface area contributed by atoms with E-state index in [9.17, 15) is 0 Å². The fourth-order valence-electron chi connectivity index (χ4n) is 2.95. The normalized spacial score (nSPS) is 30.2. The van der Waals surface area contributed by atoms with Crippen molar-refractivity contribution < 1.29 is 9.47 Å². The van der Waals surface area contributed by atoms with Gasteiger partial charge in [0.05, 0.1) is 12.2 Å². The maximum absolute atomic E-state index is 5.94. The van der Waals surface area contributed by atoms with Gasteiger partial charge in [0, 0.05) is 36.9 Å². The van der Waals surface area contributed by atoms with Gasteiger partial charge in [-0.3, -0.25) is 0 Å². The van der Waals surface area contributed by atoms with Crippen LogP contribution in [0.15, 0.2) is 24.3 Å². The minimum atomic E-state index is -0.0559. The topological polar surface area (TPSA) is 30.5 Å². The van der Waals surface area contributed by atoms with Gasteiger partial charge in [-0.1, -0.05) is 12.0 Å². The Morgan fingerprint density at radius 3 is 3.11 bits per heavy atom.